The molecule has 0 aliphatic carbocycles. The van der Waals surface area contributed by atoms with Crippen LogP contribution < -0.4 is 10.6 Å². The number of imidazole rings is 1. The Morgan fingerprint density at radius 3 is 2.68 bits per heavy atom. The molecule has 0 radical (unpaired) electrons. The lowest BCUT2D eigenvalue weighted by molar-refractivity contribution is -0.0989. The summed E-state index contributed by atoms with van der Waals surface area (Å²) >= 11 is 0. The number of carboxylic acid groups (broad SMARTS) is 1. The molecule has 9 heteroatoms. The number of urea groups is 1. The fourth-order valence-electron chi connectivity index (χ4n) is 2.87. The predicted octanol–water partition coefficient (Wildman–Crippen LogP) is 2.27. The van der Waals surface area contributed by atoms with Gasteiger partial charge in [0, 0.05) is 25.1 Å². The van der Waals surface area contributed by atoms with Gasteiger partial charge in [0.15, 0.2) is 6.29 Å². The van der Waals surface area contributed by atoms with Crippen LogP contribution in [0.25, 0.3) is 11.0 Å². The van der Waals surface area contributed by atoms with E-state index in [0.29, 0.717) is 42.9 Å². The van der Waals surface area contributed by atoms with Gasteiger partial charge in [-0.3, -0.25) is 0 Å². The van der Waals surface area contributed by atoms with E-state index in [1.165, 1.54) is 0 Å². The topological polar surface area (TPSA) is 126 Å². The second kappa shape index (κ2) is 9.52. The van der Waals surface area contributed by atoms with E-state index in [2.05, 4.69) is 15.6 Å². The lowest BCUT2D eigenvalue weighted by atomic mass is 9.92. The summed E-state index contributed by atoms with van der Waals surface area (Å²) in [5.74, 6) is 0.362. The lowest BCUT2D eigenvalue weighted by Crippen LogP contribution is -2.44. The maximum absolute atomic E-state index is 12.0. The zero-order chi connectivity index (χ0) is 20.7. The summed E-state index contributed by atoms with van der Waals surface area (Å²) < 4.78 is 6.17. The highest BCUT2D eigenvalue weighted by atomic mass is 16.6. The maximum atomic E-state index is 12.0. The number of nitrogens with zero attached hydrogens (tertiary/aromatic N) is 2. The number of amides is 2. The number of aliphatic hydroxyl groups excluding tert-OH is 1. The minimum Gasteiger partial charge on any atom is -0.464 e. The summed E-state index contributed by atoms with van der Waals surface area (Å²) in [7, 11) is 0. The molecule has 1 unspecified atom stereocenters. The van der Waals surface area contributed by atoms with Gasteiger partial charge in [0.25, 0.3) is 0 Å². The monoisotopic (exact) mass is 392 g/mol. The molecule has 1 atom stereocenters. The molecule has 9 nitrogen and oxygen atoms in total. The normalized spacial score (nSPS) is 12.7. The zero-order valence-corrected chi connectivity index (χ0v) is 16.4. The Morgan fingerprint density at radius 1 is 1.29 bits per heavy atom. The van der Waals surface area contributed by atoms with Crippen molar-refractivity contribution in [2.45, 2.75) is 45.3 Å². The average molecular weight is 392 g/mol. The number of ether oxygens (including phenoxy) is 1. The van der Waals surface area contributed by atoms with Crippen molar-refractivity contribution in [3.63, 3.8) is 0 Å². The van der Waals surface area contributed by atoms with Crippen LogP contribution >= 0.6 is 0 Å². The van der Waals surface area contributed by atoms with Gasteiger partial charge in [-0.15, -0.1) is 0 Å². The first kappa shape index (κ1) is 21.6. The lowest BCUT2D eigenvalue weighted by Gasteiger charge is -2.24. The Balaban J connectivity index is 1.95. The average Bonchev–Trinajstić information content (AvgIpc) is 3.05. The number of hydrogen-bond donors (Lipinski definition) is 4. The molecule has 1 aromatic heterocycles. The molecule has 1 heterocycles. The molecule has 28 heavy (non-hydrogen) atoms. The van der Waals surface area contributed by atoms with Crippen LogP contribution in [0.15, 0.2) is 24.3 Å². The Morgan fingerprint density at radius 2 is 2.00 bits per heavy atom. The second-order valence-electron chi connectivity index (χ2n) is 7.09. The van der Waals surface area contributed by atoms with Crippen molar-refractivity contribution in [2.24, 2.45) is 0 Å². The van der Waals surface area contributed by atoms with Gasteiger partial charge in [-0.2, -0.15) is 0 Å². The number of fused-ring (bicyclic) bond motifs is 1. The van der Waals surface area contributed by atoms with E-state index in [1.807, 2.05) is 13.8 Å². The van der Waals surface area contributed by atoms with Gasteiger partial charge in [-0.05, 0) is 31.9 Å². The number of aromatic nitrogens is 2. The molecular weight excluding hydrogens is 364 g/mol. The highest BCUT2D eigenvalue weighted by Crippen LogP contribution is 2.26. The van der Waals surface area contributed by atoms with Crippen LogP contribution in [-0.4, -0.2) is 57.9 Å². The van der Waals surface area contributed by atoms with Gasteiger partial charge in [0.1, 0.15) is 5.82 Å². The summed E-state index contributed by atoms with van der Waals surface area (Å²) in [5.41, 5.74) is 0.389. The molecule has 0 saturated heterocycles. The number of aliphatic hydroxyl groups is 1. The van der Waals surface area contributed by atoms with Gasteiger partial charge in [-0.1, -0.05) is 26.0 Å². The molecule has 2 aromatic rings. The largest absolute Gasteiger partial charge is 0.464 e. The van der Waals surface area contributed by atoms with E-state index >= 15 is 0 Å². The maximum Gasteiger partial charge on any atom is 0.417 e. The van der Waals surface area contributed by atoms with Crippen molar-refractivity contribution < 1.29 is 24.5 Å². The fourth-order valence-corrected chi connectivity index (χ4v) is 2.87. The van der Waals surface area contributed by atoms with Crippen molar-refractivity contribution in [1.82, 2.24) is 20.2 Å². The summed E-state index contributed by atoms with van der Waals surface area (Å²) in [6.45, 7) is 6.49. The Bertz CT molecular complexity index is 818. The summed E-state index contributed by atoms with van der Waals surface area (Å²) in [6, 6.07) is 6.65. The Kier molecular flexibility index (Phi) is 7.36. The van der Waals surface area contributed by atoms with Gasteiger partial charge < -0.3 is 25.6 Å². The molecule has 0 aliphatic rings. The second-order valence-corrected chi connectivity index (χ2v) is 7.09. The minimum absolute atomic E-state index is 0.205. The Hall–Kier alpha value is -2.65. The highest BCUT2D eigenvalue weighted by molar-refractivity contribution is 5.87. The van der Waals surface area contributed by atoms with Gasteiger partial charge in [0.2, 0.25) is 0 Å². The molecule has 0 bridgehead atoms. The van der Waals surface area contributed by atoms with E-state index in [-0.39, 0.29) is 12.6 Å². The first-order chi connectivity index (χ1) is 13.3. The molecule has 0 spiro atoms. The quantitative estimate of drug-likeness (QED) is 0.383. The van der Waals surface area contributed by atoms with Crippen molar-refractivity contribution in [2.75, 3.05) is 19.7 Å². The van der Waals surface area contributed by atoms with Crippen molar-refractivity contribution in [3.8, 4) is 0 Å². The molecular formula is C19H28N4O5. The fraction of sp³-hybridized carbons (Fsp3) is 0.526. The van der Waals surface area contributed by atoms with Crippen molar-refractivity contribution >= 4 is 23.2 Å². The first-order valence-electron chi connectivity index (χ1n) is 9.29. The van der Waals surface area contributed by atoms with Crippen LogP contribution in [0.5, 0.6) is 0 Å². The van der Waals surface area contributed by atoms with Crippen LogP contribution in [0.1, 0.15) is 39.4 Å². The number of rotatable bonds is 9. The number of carbonyl (C=O) groups excluding carboxylic acids is 1. The first-order valence-corrected chi connectivity index (χ1v) is 9.29. The third-order valence-electron chi connectivity index (χ3n) is 4.32. The van der Waals surface area contributed by atoms with Gasteiger partial charge >= 0.3 is 12.1 Å². The summed E-state index contributed by atoms with van der Waals surface area (Å²) in [5, 5.41) is 24.5. The molecule has 154 valence electrons. The number of para-hydroxylation sites is 2. The van der Waals surface area contributed by atoms with E-state index in [9.17, 15) is 19.8 Å². The van der Waals surface area contributed by atoms with Crippen molar-refractivity contribution in [3.05, 3.63) is 30.1 Å². The van der Waals surface area contributed by atoms with Crippen LogP contribution in [0.4, 0.5) is 9.59 Å². The van der Waals surface area contributed by atoms with E-state index in [0.717, 1.165) is 4.57 Å². The highest BCUT2D eigenvalue weighted by Gasteiger charge is 2.30. The Labute approximate surface area is 163 Å². The molecule has 2 amide bonds. The smallest absolute Gasteiger partial charge is 0.417 e. The van der Waals surface area contributed by atoms with Crippen molar-refractivity contribution in [1.29, 1.82) is 0 Å². The van der Waals surface area contributed by atoms with Crippen LogP contribution in [0.2, 0.25) is 0 Å². The molecule has 0 fully saturated rings. The number of hydrogen-bond acceptors (Lipinski definition) is 5. The minimum atomic E-state index is -1.12. The van der Waals surface area contributed by atoms with E-state index in [1.54, 1.807) is 31.2 Å². The standard InChI is InChI=1S/C19H28N4O5/c1-4-28-15(24)10-7-11-20-17(25)21-12-19(2,3)16-22-13-8-5-6-9-14(13)23(16)18(26)27/h5-6,8-9,15,24H,4,7,10-12H2,1-3H3,(H,26,27)(H2,20,21,25). The van der Waals surface area contributed by atoms with Crippen LogP contribution in [0, 0.1) is 0 Å². The van der Waals surface area contributed by atoms with E-state index < -0.39 is 17.8 Å². The number of benzene rings is 1. The molecule has 2 rings (SSSR count). The molecule has 1 aromatic carbocycles. The molecule has 4 N–H and O–H groups in total. The van der Waals surface area contributed by atoms with Crippen LogP contribution in [-0.2, 0) is 10.2 Å². The third kappa shape index (κ3) is 5.43. The number of carbonyl (C=O) groups is 2. The van der Waals surface area contributed by atoms with Crippen LogP contribution in [0.3, 0.4) is 0 Å². The van der Waals surface area contributed by atoms with Gasteiger partial charge in [-0.25, -0.2) is 19.1 Å². The third-order valence-corrected chi connectivity index (χ3v) is 4.32. The molecule has 0 saturated carbocycles. The summed E-state index contributed by atoms with van der Waals surface area (Å²) in [4.78, 5) is 28.2. The van der Waals surface area contributed by atoms with E-state index in [4.69, 9.17) is 4.74 Å². The SMILES string of the molecule is CCOC(O)CCCNC(=O)NCC(C)(C)c1nc2ccccc2n1C(=O)O. The van der Waals surface area contributed by atoms with Gasteiger partial charge in [0.05, 0.1) is 11.0 Å². The zero-order valence-electron chi connectivity index (χ0n) is 16.4. The summed E-state index contributed by atoms with van der Waals surface area (Å²) in [6.07, 6.45) is -0.929. The molecule has 0 aliphatic heterocycles. The predicted molar refractivity (Wildman–Crippen MR) is 104 cm³/mol. The number of nitrogens with one attached hydrogen (secondary N) is 2.